The molecule has 3 rings (SSSR count). The Morgan fingerprint density at radius 3 is 3.11 bits per heavy atom. The Kier molecular flexibility index (Phi) is 2.85. The lowest BCUT2D eigenvalue weighted by atomic mass is 10.1. The molecule has 1 aromatic carbocycles. The molecule has 0 bridgehead atoms. The predicted molar refractivity (Wildman–Crippen MR) is 67.1 cm³/mol. The summed E-state index contributed by atoms with van der Waals surface area (Å²) in [6, 6.07) is 5.46. The van der Waals surface area contributed by atoms with Gasteiger partial charge in [0.15, 0.2) is 0 Å². The molecule has 0 aromatic heterocycles. The fraction of sp³-hybridized carbons (Fsp3) is 0.385. The number of halogens is 1. The van der Waals surface area contributed by atoms with Gasteiger partial charge in [-0.15, -0.1) is 0 Å². The minimum atomic E-state index is -0.394. The van der Waals surface area contributed by atoms with Gasteiger partial charge in [-0.3, -0.25) is 4.79 Å². The molecule has 6 heteroatoms. The number of anilines is 1. The van der Waals surface area contributed by atoms with Crippen LogP contribution in [0.25, 0.3) is 0 Å². The van der Waals surface area contributed by atoms with Gasteiger partial charge in [-0.2, -0.15) is 0 Å². The molecule has 1 aromatic rings. The molecule has 0 aliphatic carbocycles. The first kappa shape index (κ1) is 12.0. The third kappa shape index (κ3) is 2.25. The molecular formula is C13H14FN3O2. The number of hydrogen-bond donors (Lipinski definition) is 2. The Labute approximate surface area is 109 Å². The van der Waals surface area contributed by atoms with E-state index in [0.717, 1.165) is 6.42 Å². The highest BCUT2D eigenvalue weighted by Crippen LogP contribution is 2.26. The summed E-state index contributed by atoms with van der Waals surface area (Å²) in [5, 5.41) is 5.51. The third-order valence-corrected chi connectivity index (χ3v) is 3.62. The van der Waals surface area contributed by atoms with E-state index < -0.39 is 5.82 Å². The monoisotopic (exact) mass is 263 g/mol. The largest absolute Gasteiger partial charge is 0.351 e. The fourth-order valence-electron chi connectivity index (χ4n) is 2.74. The van der Waals surface area contributed by atoms with Gasteiger partial charge in [0.2, 0.25) is 5.91 Å². The number of carbonyl (C=O) groups excluding carboxylic acids is 2. The van der Waals surface area contributed by atoms with Crippen LogP contribution in [0.2, 0.25) is 0 Å². The van der Waals surface area contributed by atoms with Crippen LogP contribution in [0.5, 0.6) is 0 Å². The van der Waals surface area contributed by atoms with E-state index in [2.05, 4.69) is 10.6 Å². The number of urea groups is 1. The molecule has 2 N–H and O–H groups in total. The maximum atomic E-state index is 13.0. The highest BCUT2D eigenvalue weighted by atomic mass is 19.1. The molecule has 2 fully saturated rings. The standard InChI is InChI=1S/C13H14FN3O2/c14-8-2-1-3-9(6-8)15-13(19)17-5-4-10-11(17)7-12(18)16-10/h1-3,6,10-11H,4-5,7H2,(H,15,19)(H,16,18). The van der Waals surface area contributed by atoms with Crippen molar-refractivity contribution in [2.75, 3.05) is 11.9 Å². The molecule has 0 saturated carbocycles. The van der Waals surface area contributed by atoms with E-state index in [-0.39, 0.29) is 24.0 Å². The highest BCUT2D eigenvalue weighted by Gasteiger charge is 2.43. The van der Waals surface area contributed by atoms with E-state index in [1.807, 2.05) is 0 Å². The number of likely N-dealkylation sites (tertiary alicyclic amines) is 1. The van der Waals surface area contributed by atoms with Gasteiger partial charge in [0, 0.05) is 18.7 Å². The van der Waals surface area contributed by atoms with Gasteiger partial charge in [0.05, 0.1) is 12.1 Å². The minimum Gasteiger partial charge on any atom is -0.351 e. The highest BCUT2D eigenvalue weighted by molar-refractivity contribution is 5.91. The van der Waals surface area contributed by atoms with Crippen molar-refractivity contribution in [2.45, 2.75) is 24.9 Å². The second kappa shape index (κ2) is 4.53. The van der Waals surface area contributed by atoms with Gasteiger partial charge in [0.1, 0.15) is 5.82 Å². The summed E-state index contributed by atoms with van der Waals surface area (Å²) in [6.07, 6.45) is 1.12. The summed E-state index contributed by atoms with van der Waals surface area (Å²) in [6.45, 7) is 0.608. The Balaban J connectivity index is 1.69. The molecule has 2 aliphatic rings. The summed E-state index contributed by atoms with van der Waals surface area (Å²) >= 11 is 0. The number of amides is 3. The lowest BCUT2D eigenvalue weighted by molar-refractivity contribution is -0.119. The maximum Gasteiger partial charge on any atom is 0.322 e. The van der Waals surface area contributed by atoms with Crippen molar-refractivity contribution in [3.05, 3.63) is 30.1 Å². The second-order valence-electron chi connectivity index (χ2n) is 4.87. The molecule has 100 valence electrons. The van der Waals surface area contributed by atoms with Crippen LogP contribution in [0, 0.1) is 5.82 Å². The Hall–Kier alpha value is -2.11. The number of nitrogens with one attached hydrogen (secondary N) is 2. The Bertz CT molecular complexity index is 534. The molecule has 3 amide bonds. The first-order chi connectivity index (χ1) is 9.13. The number of benzene rings is 1. The van der Waals surface area contributed by atoms with Crippen LogP contribution in [0.4, 0.5) is 14.9 Å². The summed E-state index contributed by atoms with van der Waals surface area (Å²) in [4.78, 5) is 25.1. The zero-order chi connectivity index (χ0) is 13.4. The fourth-order valence-corrected chi connectivity index (χ4v) is 2.74. The molecule has 0 radical (unpaired) electrons. The van der Waals surface area contributed by atoms with Crippen molar-refractivity contribution in [3.8, 4) is 0 Å². The van der Waals surface area contributed by atoms with Crippen LogP contribution >= 0.6 is 0 Å². The lowest BCUT2D eigenvalue weighted by Crippen LogP contribution is -2.41. The number of rotatable bonds is 1. The molecule has 2 atom stereocenters. The summed E-state index contributed by atoms with van der Waals surface area (Å²) in [5.41, 5.74) is 0.422. The molecule has 0 spiro atoms. The summed E-state index contributed by atoms with van der Waals surface area (Å²) in [7, 11) is 0. The number of carbonyl (C=O) groups is 2. The summed E-state index contributed by atoms with van der Waals surface area (Å²) < 4.78 is 13.0. The van der Waals surface area contributed by atoms with Crippen molar-refractivity contribution in [1.82, 2.24) is 10.2 Å². The van der Waals surface area contributed by atoms with Gasteiger partial charge in [0.25, 0.3) is 0 Å². The quantitative estimate of drug-likeness (QED) is 0.802. The van der Waals surface area contributed by atoms with Crippen LogP contribution in [-0.4, -0.2) is 35.5 Å². The first-order valence-electron chi connectivity index (χ1n) is 6.26. The Morgan fingerprint density at radius 2 is 2.32 bits per heavy atom. The molecule has 2 saturated heterocycles. The first-order valence-corrected chi connectivity index (χ1v) is 6.26. The van der Waals surface area contributed by atoms with Gasteiger partial charge in [-0.05, 0) is 24.6 Å². The predicted octanol–water partition coefficient (Wildman–Crippen LogP) is 1.32. The number of nitrogens with zero attached hydrogens (tertiary/aromatic N) is 1. The average molecular weight is 263 g/mol. The van der Waals surface area contributed by atoms with E-state index in [9.17, 15) is 14.0 Å². The smallest absolute Gasteiger partial charge is 0.322 e. The van der Waals surface area contributed by atoms with Gasteiger partial charge in [-0.25, -0.2) is 9.18 Å². The van der Waals surface area contributed by atoms with Gasteiger partial charge >= 0.3 is 6.03 Å². The second-order valence-corrected chi connectivity index (χ2v) is 4.87. The van der Waals surface area contributed by atoms with Crippen molar-refractivity contribution in [3.63, 3.8) is 0 Å². The Morgan fingerprint density at radius 1 is 1.47 bits per heavy atom. The van der Waals surface area contributed by atoms with Crippen LogP contribution in [0.3, 0.4) is 0 Å². The molecule has 2 aliphatic heterocycles. The van der Waals surface area contributed by atoms with Gasteiger partial charge in [-0.1, -0.05) is 6.07 Å². The van der Waals surface area contributed by atoms with E-state index in [1.54, 1.807) is 17.0 Å². The third-order valence-electron chi connectivity index (χ3n) is 3.62. The van der Waals surface area contributed by atoms with E-state index >= 15 is 0 Å². The molecule has 2 unspecified atom stereocenters. The van der Waals surface area contributed by atoms with Gasteiger partial charge < -0.3 is 15.5 Å². The number of hydrogen-bond acceptors (Lipinski definition) is 2. The average Bonchev–Trinajstić information content (AvgIpc) is 2.87. The van der Waals surface area contributed by atoms with Crippen molar-refractivity contribution in [1.29, 1.82) is 0 Å². The minimum absolute atomic E-state index is 0.0155. The molecule has 2 heterocycles. The van der Waals surface area contributed by atoms with Crippen LogP contribution in [0.15, 0.2) is 24.3 Å². The van der Waals surface area contributed by atoms with Crippen LogP contribution in [-0.2, 0) is 4.79 Å². The van der Waals surface area contributed by atoms with Crippen molar-refractivity contribution in [2.24, 2.45) is 0 Å². The lowest BCUT2D eigenvalue weighted by Gasteiger charge is -2.22. The molecule has 19 heavy (non-hydrogen) atoms. The van der Waals surface area contributed by atoms with Crippen molar-refractivity contribution < 1.29 is 14.0 Å². The topological polar surface area (TPSA) is 61.4 Å². The normalized spacial score (nSPS) is 25.1. The number of fused-ring (bicyclic) bond motifs is 1. The van der Waals surface area contributed by atoms with Crippen LogP contribution in [0.1, 0.15) is 12.8 Å². The van der Waals surface area contributed by atoms with E-state index in [4.69, 9.17) is 0 Å². The van der Waals surface area contributed by atoms with E-state index in [0.29, 0.717) is 18.7 Å². The zero-order valence-electron chi connectivity index (χ0n) is 10.2. The molecular weight excluding hydrogens is 249 g/mol. The van der Waals surface area contributed by atoms with Crippen LogP contribution < -0.4 is 10.6 Å². The zero-order valence-corrected chi connectivity index (χ0v) is 10.2. The van der Waals surface area contributed by atoms with Crippen molar-refractivity contribution >= 4 is 17.6 Å². The molecule has 5 nitrogen and oxygen atoms in total. The van der Waals surface area contributed by atoms with E-state index in [1.165, 1.54) is 12.1 Å². The summed E-state index contributed by atoms with van der Waals surface area (Å²) in [5.74, 6) is -0.409. The maximum absolute atomic E-state index is 13.0. The SMILES string of the molecule is O=C1CC2C(CCN2C(=O)Nc2cccc(F)c2)N1.